The second-order valence-electron chi connectivity index (χ2n) is 6.98. The molecule has 0 spiro atoms. The second-order valence-corrected chi connectivity index (χ2v) is 7.38. The molecule has 3 aromatic rings. The number of fused-ring (bicyclic) bond motifs is 1. The van der Waals surface area contributed by atoms with Crippen molar-refractivity contribution in [3.05, 3.63) is 64.0 Å². The minimum atomic E-state index is -0.519. The van der Waals surface area contributed by atoms with Crippen molar-refractivity contribution in [2.75, 3.05) is 18.1 Å². The Labute approximate surface area is 171 Å². The normalized spacial score (nSPS) is 16.5. The minimum Gasteiger partial charge on any atom is -0.465 e. The Bertz CT molecular complexity index is 1120. The number of nitrogens with zero attached hydrogens (tertiary/aromatic N) is 2. The van der Waals surface area contributed by atoms with Crippen LogP contribution < -0.4 is 10.6 Å². The van der Waals surface area contributed by atoms with Crippen molar-refractivity contribution in [3.63, 3.8) is 0 Å². The Morgan fingerprint density at radius 3 is 2.72 bits per heavy atom. The van der Waals surface area contributed by atoms with Gasteiger partial charge in [0.05, 0.1) is 34.3 Å². The highest BCUT2D eigenvalue weighted by Crippen LogP contribution is 2.31. The van der Waals surface area contributed by atoms with E-state index in [4.69, 9.17) is 16.3 Å². The number of anilines is 1. The van der Waals surface area contributed by atoms with Gasteiger partial charge in [0.25, 0.3) is 0 Å². The summed E-state index contributed by atoms with van der Waals surface area (Å²) in [4.78, 5) is 41.1. The molecule has 4 rings (SSSR count). The molecule has 0 radical (unpaired) electrons. The number of ether oxygens (including phenoxy) is 1. The smallest absolute Gasteiger partial charge is 0.326 e. The molecule has 2 aromatic carbocycles. The SMILES string of the molecule is O=C(OCCCn1c(=O)[nH]c2ccccc21)[C@H]1CC(=O)N(c2ccccc2Cl)C1. The summed E-state index contributed by atoms with van der Waals surface area (Å²) in [5.41, 5.74) is 2.02. The van der Waals surface area contributed by atoms with Crippen LogP contribution in [0.2, 0.25) is 5.02 Å². The summed E-state index contributed by atoms with van der Waals surface area (Å²) >= 11 is 6.16. The van der Waals surface area contributed by atoms with Crippen LogP contribution in [-0.2, 0) is 20.9 Å². The van der Waals surface area contributed by atoms with Crippen LogP contribution >= 0.6 is 11.6 Å². The molecule has 150 valence electrons. The van der Waals surface area contributed by atoms with Crippen molar-refractivity contribution in [3.8, 4) is 0 Å². The van der Waals surface area contributed by atoms with Crippen molar-refractivity contribution in [2.45, 2.75) is 19.4 Å². The molecule has 1 N–H and O–H groups in total. The zero-order valence-electron chi connectivity index (χ0n) is 15.6. The van der Waals surface area contributed by atoms with Gasteiger partial charge in [0.15, 0.2) is 0 Å². The first-order valence-corrected chi connectivity index (χ1v) is 9.81. The zero-order chi connectivity index (χ0) is 20.4. The lowest BCUT2D eigenvalue weighted by atomic mass is 10.1. The van der Waals surface area contributed by atoms with E-state index in [1.54, 1.807) is 28.8 Å². The van der Waals surface area contributed by atoms with Crippen LogP contribution in [0.15, 0.2) is 53.3 Å². The van der Waals surface area contributed by atoms with Gasteiger partial charge in [-0.05, 0) is 30.7 Å². The van der Waals surface area contributed by atoms with Crippen LogP contribution in [0.1, 0.15) is 12.8 Å². The van der Waals surface area contributed by atoms with Gasteiger partial charge in [-0.25, -0.2) is 4.79 Å². The number of benzene rings is 2. The average molecular weight is 414 g/mol. The van der Waals surface area contributed by atoms with Gasteiger partial charge >= 0.3 is 11.7 Å². The molecule has 1 atom stereocenters. The lowest BCUT2D eigenvalue weighted by Crippen LogP contribution is -2.27. The number of rotatable bonds is 6. The number of nitrogens with one attached hydrogen (secondary N) is 1. The second kappa shape index (κ2) is 8.13. The molecule has 1 aliphatic heterocycles. The summed E-state index contributed by atoms with van der Waals surface area (Å²) in [5.74, 6) is -1.07. The third-order valence-corrected chi connectivity index (χ3v) is 5.37. The Balaban J connectivity index is 1.31. The predicted molar refractivity (Wildman–Crippen MR) is 110 cm³/mol. The fraction of sp³-hybridized carbons (Fsp3) is 0.286. The van der Waals surface area contributed by atoms with E-state index in [2.05, 4.69) is 4.98 Å². The summed E-state index contributed by atoms with van der Waals surface area (Å²) in [7, 11) is 0. The first-order valence-electron chi connectivity index (χ1n) is 9.43. The number of carbonyl (C=O) groups is 2. The van der Waals surface area contributed by atoms with Gasteiger partial charge in [0.2, 0.25) is 5.91 Å². The monoisotopic (exact) mass is 413 g/mol. The van der Waals surface area contributed by atoms with E-state index >= 15 is 0 Å². The number of esters is 1. The van der Waals surface area contributed by atoms with Crippen molar-refractivity contribution in [1.82, 2.24) is 9.55 Å². The van der Waals surface area contributed by atoms with E-state index in [0.717, 1.165) is 11.0 Å². The number of imidazole rings is 1. The molecule has 1 aromatic heterocycles. The van der Waals surface area contributed by atoms with Gasteiger partial charge in [-0.2, -0.15) is 0 Å². The molecule has 1 fully saturated rings. The van der Waals surface area contributed by atoms with Gasteiger partial charge < -0.3 is 14.6 Å². The number of para-hydroxylation sites is 3. The number of amides is 1. The van der Waals surface area contributed by atoms with Crippen molar-refractivity contribution in [2.24, 2.45) is 5.92 Å². The molecule has 0 unspecified atom stereocenters. The molecule has 29 heavy (non-hydrogen) atoms. The molecule has 7 nitrogen and oxygen atoms in total. The Kier molecular flexibility index (Phi) is 5.40. The van der Waals surface area contributed by atoms with Crippen LogP contribution in [0.25, 0.3) is 11.0 Å². The van der Waals surface area contributed by atoms with Crippen LogP contribution in [0.4, 0.5) is 5.69 Å². The minimum absolute atomic E-state index is 0.103. The van der Waals surface area contributed by atoms with E-state index in [1.165, 1.54) is 4.90 Å². The molecule has 8 heteroatoms. The molecule has 0 aliphatic carbocycles. The van der Waals surface area contributed by atoms with E-state index in [9.17, 15) is 14.4 Å². The van der Waals surface area contributed by atoms with E-state index < -0.39 is 11.9 Å². The first-order chi connectivity index (χ1) is 14.0. The molecule has 1 aliphatic rings. The van der Waals surface area contributed by atoms with Crippen molar-refractivity contribution in [1.29, 1.82) is 0 Å². The number of carbonyl (C=O) groups excluding carboxylic acids is 2. The summed E-state index contributed by atoms with van der Waals surface area (Å²) < 4.78 is 6.99. The van der Waals surface area contributed by atoms with E-state index in [0.29, 0.717) is 23.7 Å². The topological polar surface area (TPSA) is 84.4 Å². The molecular formula is C21H20ClN3O4. The summed E-state index contributed by atoms with van der Waals surface area (Å²) in [6.07, 6.45) is 0.606. The summed E-state index contributed by atoms with van der Waals surface area (Å²) in [6.45, 7) is 0.871. The largest absolute Gasteiger partial charge is 0.465 e. The maximum Gasteiger partial charge on any atom is 0.326 e. The van der Waals surface area contributed by atoms with E-state index in [1.807, 2.05) is 24.3 Å². The highest BCUT2D eigenvalue weighted by atomic mass is 35.5. The number of aryl methyl sites for hydroxylation is 1. The number of H-pyrrole nitrogens is 1. The van der Waals surface area contributed by atoms with Crippen molar-refractivity contribution >= 4 is 40.2 Å². The van der Waals surface area contributed by atoms with Gasteiger partial charge in [-0.3, -0.25) is 14.2 Å². The molecule has 1 amide bonds. The van der Waals surface area contributed by atoms with Crippen molar-refractivity contribution < 1.29 is 14.3 Å². The molecule has 0 bridgehead atoms. The third-order valence-electron chi connectivity index (χ3n) is 5.05. The highest BCUT2D eigenvalue weighted by Gasteiger charge is 2.36. The molecule has 1 saturated heterocycles. The Morgan fingerprint density at radius 2 is 1.90 bits per heavy atom. The zero-order valence-corrected chi connectivity index (χ0v) is 16.4. The van der Waals surface area contributed by atoms with Crippen LogP contribution in [-0.4, -0.2) is 34.6 Å². The van der Waals surface area contributed by atoms with Gasteiger partial charge in [0, 0.05) is 19.5 Å². The number of hydrogen-bond donors (Lipinski definition) is 1. The standard InChI is InChI=1S/C21H20ClN3O4/c22-15-6-1-3-8-17(15)25-13-14(12-19(25)26)20(27)29-11-5-10-24-18-9-4-2-7-16(18)23-21(24)28/h1-4,6-9,14H,5,10-13H2,(H,23,28)/t14-/m0/s1. The average Bonchev–Trinajstić information content (AvgIpc) is 3.25. The fourth-order valence-electron chi connectivity index (χ4n) is 3.61. The summed E-state index contributed by atoms with van der Waals surface area (Å²) in [5, 5.41) is 0.471. The van der Waals surface area contributed by atoms with E-state index in [-0.39, 0.29) is 31.2 Å². The molecule has 2 heterocycles. The highest BCUT2D eigenvalue weighted by molar-refractivity contribution is 6.33. The van der Waals surface area contributed by atoms with Gasteiger partial charge in [-0.1, -0.05) is 35.9 Å². The Hall–Kier alpha value is -3.06. The third kappa shape index (κ3) is 3.91. The molecule has 0 saturated carbocycles. The number of hydrogen-bond acceptors (Lipinski definition) is 4. The first kappa shape index (κ1) is 19.3. The summed E-state index contributed by atoms with van der Waals surface area (Å²) in [6, 6.07) is 14.5. The van der Waals surface area contributed by atoms with Crippen LogP contribution in [0, 0.1) is 5.92 Å². The number of halogens is 1. The van der Waals surface area contributed by atoms with Gasteiger partial charge in [0.1, 0.15) is 0 Å². The predicted octanol–water partition coefficient (Wildman–Crippen LogP) is 2.97. The lowest BCUT2D eigenvalue weighted by Gasteiger charge is -2.17. The Morgan fingerprint density at radius 1 is 1.14 bits per heavy atom. The maximum atomic E-state index is 12.4. The maximum absolute atomic E-state index is 12.4. The lowest BCUT2D eigenvalue weighted by molar-refractivity contribution is -0.148. The number of aromatic nitrogens is 2. The quantitative estimate of drug-likeness (QED) is 0.497. The number of aromatic amines is 1. The van der Waals surface area contributed by atoms with Gasteiger partial charge in [-0.15, -0.1) is 0 Å². The molecular weight excluding hydrogens is 394 g/mol. The van der Waals surface area contributed by atoms with Crippen LogP contribution in [0.5, 0.6) is 0 Å². The van der Waals surface area contributed by atoms with Crippen LogP contribution in [0.3, 0.4) is 0 Å². The fourth-order valence-corrected chi connectivity index (χ4v) is 3.85.